The molecular weight excluding hydrogens is 163 g/mol. The SMILES string of the molecule is CCCCC(CC)O[PH](=O)O. The van der Waals surface area contributed by atoms with Crippen LogP contribution in [0, 0.1) is 0 Å². The quantitative estimate of drug-likeness (QED) is 0.638. The van der Waals surface area contributed by atoms with Crippen molar-refractivity contribution >= 4 is 8.25 Å². The van der Waals surface area contributed by atoms with Crippen LogP contribution in [-0.2, 0) is 9.09 Å². The Morgan fingerprint density at radius 1 is 1.55 bits per heavy atom. The number of rotatable bonds is 6. The van der Waals surface area contributed by atoms with Gasteiger partial charge in [-0.3, -0.25) is 4.57 Å². The van der Waals surface area contributed by atoms with Crippen molar-refractivity contribution in [2.75, 3.05) is 0 Å². The van der Waals surface area contributed by atoms with Crippen molar-refractivity contribution in [2.24, 2.45) is 0 Å². The highest BCUT2D eigenvalue weighted by molar-refractivity contribution is 7.32. The molecule has 0 aromatic rings. The lowest BCUT2D eigenvalue weighted by atomic mass is 10.1. The molecule has 0 amide bonds. The predicted molar refractivity (Wildman–Crippen MR) is 45.9 cm³/mol. The van der Waals surface area contributed by atoms with E-state index in [4.69, 9.17) is 9.42 Å². The molecule has 68 valence electrons. The minimum absolute atomic E-state index is 0.0219. The largest absolute Gasteiger partial charge is 0.326 e. The molecule has 0 aliphatic heterocycles. The molecule has 0 fully saturated rings. The maximum atomic E-state index is 10.3. The van der Waals surface area contributed by atoms with Gasteiger partial charge >= 0.3 is 8.25 Å². The van der Waals surface area contributed by atoms with Crippen LogP contribution in [0.5, 0.6) is 0 Å². The molecule has 0 aliphatic carbocycles. The maximum Gasteiger partial charge on any atom is 0.316 e. The highest BCUT2D eigenvalue weighted by atomic mass is 31.1. The Morgan fingerprint density at radius 3 is 2.55 bits per heavy atom. The lowest BCUT2D eigenvalue weighted by Gasteiger charge is -2.12. The molecule has 11 heavy (non-hydrogen) atoms. The first-order valence-electron chi connectivity index (χ1n) is 4.10. The lowest BCUT2D eigenvalue weighted by Crippen LogP contribution is -2.06. The van der Waals surface area contributed by atoms with Gasteiger partial charge in [-0.15, -0.1) is 0 Å². The topological polar surface area (TPSA) is 46.5 Å². The summed E-state index contributed by atoms with van der Waals surface area (Å²) in [4.78, 5) is 8.48. The van der Waals surface area contributed by atoms with E-state index in [0.717, 1.165) is 25.7 Å². The van der Waals surface area contributed by atoms with E-state index in [-0.39, 0.29) is 6.10 Å². The van der Waals surface area contributed by atoms with E-state index in [1.54, 1.807) is 0 Å². The van der Waals surface area contributed by atoms with Gasteiger partial charge in [0, 0.05) is 0 Å². The van der Waals surface area contributed by atoms with E-state index in [1.807, 2.05) is 6.92 Å². The van der Waals surface area contributed by atoms with Gasteiger partial charge in [-0.2, -0.15) is 0 Å². The molecule has 0 saturated heterocycles. The monoisotopic (exact) mass is 180 g/mol. The van der Waals surface area contributed by atoms with Gasteiger partial charge in [0.05, 0.1) is 6.10 Å². The lowest BCUT2D eigenvalue weighted by molar-refractivity contribution is 0.172. The number of hydrogen-bond donors (Lipinski definition) is 1. The third kappa shape index (κ3) is 6.54. The fourth-order valence-electron chi connectivity index (χ4n) is 0.921. The molecule has 0 heterocycles. The zero-order valence-electron chi connectivity index (χ0n) is 7.17. The van der Waals surface area contributed by atoms with Crippen molar-refractivity contribution in [2.45, 2.75) is 45.6 Å². The van der Waals surface area contributed by atoms with Crippen molar-refractivity contribution < 1.29 is 14.0 Å². The maximum absolute atomic E-state index is 10.3. The van der Waals surface area contributed by atoms with E-state index in [2.05, 4.69) is 6.92 Å². The Balaban J connectivity index is 3.49. The van der Waals surface area contributed by atoms with Crippen LogP contribution in [0.1, 0.15) is 39.5 Å². The van der Waals surface area contributed by atoms with Crippen LogP contribution < -0.4 is 0 Å². The van der Waals surface area contributed by atoms with Crippen molar-refractivity contribution in [3.63, 3.8) is 0 Å². The van der Waals surface area contributed by atoms with E-state index in [1.165, 1.54) is 0 Å². The Labute approximate surface area is 68.7 Å². The molecule has 0 aromatic carbocycles. The minimum Gasteiger partial charge on any atom is -0.326 e. The highest BCUT2D eigenvalue weighted by Gasteiger charge is 2.07. The van der Waals surface area contributed by atoms with Gasteiger partial charge in [0.2, 0.25) is 0 Å². The highest BCUT2D eigenvalue weighted by Crippen LogP contribution is 2.22. The van der Waals surface area contributed by atoms with Crippen molar-refractivity contribution in [1.82, 2.24) is 0 Å². The first kappa shape index (κ1) is 11.2. The van der Waals surface area contributed by atoms with Crippen LogP contribution >= 0.6 is 8.25 Å². The predicted octanol–water partition coefficient (Wildman–Crippen LogP) is 2.35. The summed E-state index contributed by atoms with van der Waals surface area (Å²) < 4.78 is 15.1. The first-order chi connectivity index (χ1) is 5.20. The zero-order chi connectivity index (χ0) is 8.69. The van der Waals surface area contributed by atoms with Gasteiger partial charge in [-0.1, -0.05) is 26.7 Å². The Bertz CT molecular complexity index is 116. The molecule has 4 heteroatoms. The molecule has 0 bridgehead atoms. The molecule has 2 atom stereocenters. The van der Waals surface area contributed by atoms with Crippen LogP contribution in [0.25, 0.3) is 0 Å². The van der Waals surface area contributed by atoms with Crippen LogP contribution in [-0.4, -0.2) is 11.0 Å². The van der Waals surface area contributed by atoms with Crippen molar-refractivity contribution in [3.8, 4) is 0 Å². The van der Waals surface area contributed by atoms with Gasteiger partial charge in [0.1, 0.15) is 0 Å². The molecule has 0 saturated carbocycles. The summed E-state index contributed by atoms with van der Waals surface area (Å²) >= 11 is 0. The third-order valence-electron chi connectivity index (χ3n) is 1.60. The minimum atomic E-state index is -2.73. The molecular formula is C7H17O3P. The average Bonchev–Trinajstić information content (AvgIpc) is 1.97. The molecule has 0 radical (unpaired) electrons. The van der Waals surface area contributed by atoms with E-state index < -0.39 is 8.25 Å². The first-order valence-corrected chi connectivity index (χ1v) is 5.36. The summed E-state index contributed by atoms with van der Waals surface area (Å²) in [6.07, 6.45) is 3.85. The summed E-state index contributed by atoms with van der Waals surface area (Å²) in [7, 11) is -2.73. The van der Waals surface area contributed by atoms with Crippen LogP contribution in [0.15, 0.2) is 0 Å². The standard InChI is InChI=1S/C7H17O3P/c1-3-5-6-7(4-2)10-11(8)9/h7,11H,3-6H2,1-2H3,(H,8,9). The molecule has 0 spiro atoms. The fraction of sp³-hybridized carbons (Fsp3) is 1.00. The third-order valence-corrected chi connectivity index (χ3v) is 2.14. The molecule has 2 unspecified atom stereocenters. The van der Waals surface area contributed by atoms with Crippen molar-refractivity contribution in [3.05, 3.63) is 0 Å². The Morgan fingerprint density at radius 2 is 2.18 bits per heavy atom. The summed E-state index contributed by atoms with van der Waals surface area (Å²) in [6.45, 7) is 4.06. The smallest absolute Gasteiger partial charge is 0.316 e. The fourth-order valence-corrected chi connectivity index (χ4v) is 1.49. The van der Waals surface area contributed by atoms with E-state index in [0.29, 0.717) is 0 Å². The summed E-state index contributed by atoms with van der Waals surface area (Å²) in [5, 5.41) is 0. The normalized spacial score (nSPS) is 16.3. The average molecular weight is 180 g/mol. The number of unbranched alkanes of at least 4 members (excludes halogenated alkanes) is 1. The van der Waals surface area contributed by atoms with E-state index in [9.17, 15) is 4.57 Å². The molecule has 1 N–H and O–H groups in total. The molecule has 3 nitrogen and oxygen atoms in total. The second-order valence-corrected chi connectivity index (χ2v) is 3.32. The summed E-state index contributed by atoms with van der Waals surface area (Å²) in [5.41, 5.74) is 0. The van der Waals surface area contributed by atoms with Crippen molar-refractivity contribution in [1.29, 1.82) is 0 Å². The Kier molecular flexibility index (Phi) is 6.93. The van der Waals surface area contributed by atoms with E-state index >= 15 is 0 Å². The molecule has 0 aromatic heterocycles. The number of hydrogen-bond acceptors (Lipinski definition) is 2. The van der Waals surface area contributed by atoms with Crippen LogP contribution in [0.3, 0.4) is 0 Å². The van der Waals surface area contributed by atoms with Gasteiger partial charge in [-0.25, -0.2) is 0 Å². The second kappa shape index (κ2) is 6.84. The van der Waals surface area contributed by atoms with Gasteiger partial charge in [-0.05, 0) is 12.8 Å². The Hall–Kier alpha value is 0.150. The second-order valence-electron chi connectivity index (χ2n) is 2.56. The zero-order valence-corrected chi connectivity index (χ0v) is 8.17. The van der Waals surface area contributed by atoms with Gasteiger partial charge in [0.15, 0.2) is 0 Å². The van der Waals surface area contributed by atoms with Crippen LogP contribution in [0.4, 0.5) is 0 Å². The van der Waals surface area contributed by atoms with Gasteiger partial charge < -0.3 is 9.42 Å². The summed E-state index contributed by atoms with van der Waals surface area (Å²) in [5.74, 6) is 0. The van der Waals surface area contributed by atoms with Gasteiger partial charge in [0.25, 0.3) is 0 Å². The molecule has 0 aliphatic rings. The summed E-state index contributed by atoms with van der Waals surface area (Å²) in [6, 6.07) is 0. The van der Waals surface area contributed by atoms with Crippen LogP contribution in [0.2, 0.25) is 0 Å². The molecule has 0 rings (SSSR count).